The molecule has 1 aromatic carbocycles. The second-order valence-electron chi connectivity index (χ2n) is 7.33. The zero-order valence-electron chi connectivity index (χ0n) is 16.3. The van der Waals surface area contributed by atoms with Gasteiger partial charge in [-0.15, -0.1) is 0 Å². The smallest absolute Gasteiger partial charge is 0.225 e. The van der Waals surface area contributed by atoms with Crippen LogP contribution in [0, 0.1) is 11.7 Å². The molecule has 0 unspecified atom stereocenters. The van der Waals surface area contributed by atoms with E-state index in [0.29, 0.717) is 32.5 Å². The number of benzene rings is 1. The van der Waals surface area contributed by atoms with Crippen molar-refractivity contribution in [3.05, 3.63) is 71.9 Å². The molecule has 1 aliphatic heterocycles. The summed E-state index contributed by atoms with van der Waals surface area (Å²) in [4.78, 5) is 31.0. The van der Waals surface area contributed by atoms with Crippen molar-refractivity contribution in [2.45, 2.75) is 25.9 Å². The number of carbonyl (C=O) groups excluding carboxylic acids is 2. The highest BCUT2D eigenvalue weighted by atomic mass is 19.1. The van der Waals surface area contributed by atoms with E-state index in [1.807, 2.05) is 18.2 Å². The van der Waals surface area contributed by atoms with Gasteiger partial charge in [-0.1, -0.05) is 6.07 Å². The molecule has 3 heterocycles. The topological polar surface area (TPSA) is 91.0 Å². The number of halogens is 1. The van der Waals surface area contributed by atoms with Crippen molar-refractivity contribution in [1.82, 2.24) is 25.4 Å². The summed E-state index contributed by atoms with van der Waals surface area (Å²) < 4.78 is 13.2. The van der Waals surface area contributed by atoms with Crippen LogP contribution in [0.25, 0.3) is 11.3 Å². The highest BCUT2D eigenvalue weighted by Gasteiger charge is 2.30. The number of nitrogens with one attached hydrogen (secondary N) is 2. The third-order valence-electron chi connectivity index (χ3n) is 5.25. The van der Waals surface area contributed by atoms with Crippen molar-refractivity contribution < 1.29 is 14.0 Å². The first-order chi connectivity index (χ1) is 14.6. The fourth-order valence-electron chi connectivity index (χ4n) is 3.61. The van der Waals surface area contributed by atoms with E-state index < -0.39 is 0 Å². The maximum Gasteiger partial charge on any atom is 0.225 e. The molecule has 4 rings (SSSR count). The normalized spacial score (nSPS) is 16.5. The van der Waals surface area contributed by atoms with E-state index in [1.165, 1.54) is 12.1 Å². The van der Waals surface area contributed by atoms with Crippen LogP contribution in [0.4, 0.5) is 4.39 Å². The molecule has 1 atom stereocenters. The van der Waals surface area contributed by atoms with Gasteiger partial charge in [0.15, 0.2) is 0 Å². The van der Waals surface area contributed by atoms with Crippen LogP contribution in [-0.2, 0) is 22.7 Å². The van der Waals surface area contributed by atoms with Crippen LogP contribution >= 0.6 is 0 Å². The maximum absolute atomic E-state index is 13.2. The largest absolute Gasteiger partial charge is 0.352 e. The van der Waals surface area contributed by atoms with Crippen molar-refractivity contribution in [3.8, 4) is 11.3 Å². The molecule has 1 saturated heterocycles. The third-order valence-corrected chi connectivity index (χ3v) is 5.25. The van der Waals surface area contributed by atoms with Gasteiger partial charge in [0.05, 0.1) is 30.0 Å². The van der Waals surface area contributed by atoms with Gasteiger partial charge in [0.2, 0.25) is 11.8 Å². The van der Waals surface area contributed by atoms with Gasteiger partial charge in [-0.05, 0) is 42.8 Å². The Morgan fingerprint density at radius 3 is 2.83 bits per heavy atom. The van der Waals surface area contributed by atoms with Crippen LogP contribution in [0.2, 0.25) is 0 Å². The average Bonchev–Trinajstić information content (AvgIpc) is 3.23. The van der Waals surface area contributed by atoms with Gasteiger partial charge in [0.25, 0.3) is 0 Å². The average molecular weight is 407 g/mol. The Bertz CT molecular complexity index is 1020. The van der Waals surface area contributed by atoms with E-state index in [9.17, 15) is 14.0 Å². The molecule has 2 aromatic heterocycles. The van der Waals surface area contributed by atoms with Crippen LogP contribution in [-0.4, -0.2) is 38.4 Å². The van der Waals surface area contributed by atoms with E-state index in [2.05, 4.69) is 20.5 Å². The molecule has 0 spiro atoms. The quantitative estimate of drug-likeness (QED) is 0.657. The number of pyridine rings is 1. The minimum absolute atomic E-state index is 0.0399. The molecule has 3 aromatic rings. The number of rotatable bonds is 6. The number of aromatic amines is 1. The molecule has 30 heavy (non-hydrogen) atoms. The number of nitrogens with zero attached hydrogens (tertiary/aromatic N) is 3. The Labute approximate surface area is 173 Å². The molecule has 2 amide bonds. The standard InChI is InChI=1S/C22H22FN5O2/c23-18-7-4-15(5-8-18)21-17(12-26-27-21)11-25-22(30)16-6-9-20(29)28(13-16)14-19-3-1-2-10-24-19/h1-5,7-8,10,12,16H,6,9,11,13-14H2,(H,25,30)(H,26,27)/t16-/m0/s1. The summed E-state index contributed by atoms with van der Waals surface area (Å²) >= 11 is 0. The predicted molar refractivity (Wildman–Crippen MR) is 108 cm³/mol. The number of hydrogen-bond acceptors (Lipinski definition) is 4. The number of H-pyrrole nitrogens is 1. The summed E-state index contributed by atoms with van der Waals surface area (Å²) in [5.74, 6) is -0.638. The first-order valence-electron chi connectivity index (χ1n) is 9.84. The molecule has 1 aliphatic rings. The van der Waals surface area contributed by atoms with E-state index in [0.717, 1.165) is 22.5 Å². The van der Waals surface area contributed by atoms with Crippen LogP contribution in [0.3, 0.4) is 0 Å². The molecule has 0 bridgehead atoms. The lowest BCUT2D eigenvalue weighted by Crippen LogP contribution is -2.45. The van der Waals surface area contributed by atoms with Gasteiger partial charge in [-0.3, -0.25) is 19.7 Å². The van der Waals surface area contributed by atoms with Crippen LogP contribution in [0.15, 0.2) is 54.9 Å². The highest BCUT2D eigenvalue weighted by Crippen LogP contribution is 2.23. The minimum atomic E-state index is -0.310. The number of likely N-dealkylation sites (tertiary alicyclic amines) is 1. The first kappa shape index (κ1) is 19.8. The number of hydrogen-bond donors (Lipinski definition) is 2. The Hall–Kier alpha value is -3.55. The number of carbonyl (C=O) groups is 2. The van der Waals surface area contributed by atoms with E-state index in [1.54, 1.807) is 29.4 Å². The molecule has 7 nitrogen and oxygen atoms in total. The summed E-state index contributed by atoms with van der Waals surface area (Å²) in [6, 6.07) is 11.7. The number of aromatic nitrogens is 3. The highest BCUT2D eigenvalue weighted by molar-refractivity contribution is 5.84. The Morgan fingerprint density at radius 2 is 2.07 bits per heavy atom. The second-order valence-corrected chi connectivity index (χ2v) is 7.33. The van der Waals surface area contributed by atoms with Gasteiger partial charge in [-0.25, -0.2) is 4.39 Å². The van der Waals surface area contributed by atoms with Gasteiger partial charge < -0.3 is 10.2 Å². The Kier molecular flexibility index (Phi) is 5.83. The molecule has 154 valence electrons. The maximum atomic E-state index is 13.2. The number of amides is 2. The SMILES string of the molecule is O=C(NCc1cn[nH]c1-c1ccc(F)cc1)[C@H]1CCC(=O)N(Cc2ccccn2)C1. The molecule has 0 radical (unpaired) electrons. The molecule has 0 aliphatic carbocycles. The summed E-state index contributed by atoms with van der Waals surface area (Å²) in [5, 5.41) is 9.90. The summed E-state index contributed by atoms with van der Waals surface area (Å²) in [6.45, 7) is 1.07. The van der Waals surface area contributed by atoms with Gasteiger partial charge >= 0.3 is 0 Å². The van der Waals surface area contributed by atoms with Crippen molar-refractivity contribution >= 4 is 11.8 Å². The predicted octanol–water partition coefficient (Wildman–Crippen LogP) is 2.67. The summed E-state index contributed by atoms with van der Waals surface area (Å²) in [7, 11) is 0. The molecular weight excluding hydrogens is 385 g/mol. The van der Waals surface area contributed by atoms with Crippen LogP contribution in [0.1, 0.15) is 24.1 Å². The van der Waals surface area contributed by atoms with Crippen molar-refractivity contribution in [1.29, 1.82) is 0 Å². The molecule has 2 N–H and O–H groups in total. The lowest BCUT2D eigenvalue weighted by molar-refractivity contribution is -0.139. The van der Waals surface area contributed by atoms with Gasteiger partial charge in [-0.2, -0.15) is 5.10 Å². The fourth-order valence-corrected chi connectivity index (χ4v) is 3.61. The molecule has 0 saturated carbocycles. The Morgan fingerprint density at radius 1 is 1.23 bits per heavy atom. The lowest BCUT2D eigenvalue weighted by atomic mass is 9.96. The van der Waals surface area contributed by atoms with E-state index >= 15 is 0 Å². The first-order valence-corrected chi connectivity index (χ1v) is 9.84. The molecule has 8 heteroatoms. The zero-order chi connectivity index (χ0) is 20.9. The van der Waals surface area contributed by atoms with E-state index in [-0.39, 0.29) is 23.5 Å². The van der Waals surface area contributed by atoms with Gasteiger partial charge in [0, 0.05) is 36.8 Å². The van der Waals surface area contributed by atoms with E-state index in [4.69, 9.17) is 0 Å². The van der Waals surface area contributed by atoms with Crippen molar-refractivity contribution in [2.75, 3.05) is 6.54 Å². The lowest BCUT2D eigenvalue weighted by Gasteiger charge is -2.31. The zero-order valence-corrected chi connectivity index (χ0v) is 16.3. The fraction of sp³-hybridized carbons (Fsp3) is 0.273. The van der Waals surface area contributed by atoms with Gasteiger partial charge in [0.1, 0.15) is 5.82 Å². The number of piperidine rings is 1. The van der Waals surface area contributed by atoms with Crippen molar-refractivity contribution in [3.63, 3.8) is 0 Å². The monoisotopic (exact) mass is 407 g/mol. The third kappa shape index (κ3) is 4.53. The summed E-state index contributed by atoms with van der Waals surface area (Å²) in [6.07, 6.45) is 4.21. The molecule has 1 fully saturated rings. The van der Waals surface area contributed by atoms with Crippen LogP contribution < -0.4 is 5.32 Å². The minimum Gasteiger partial charge on any atom is -0.352 e. The second kappa shape index (κ2) is 8.86. The Balaban J connectivity index is 1.37. The summed E-state index contributed by atoms with van der Waals surface area (Å²) in [5.41, 5.74) is 3.15. The van der Waals surface area contributed by atoms with Crippen molar-refractivity contribution in [2.24, 2.45) is 5.92 Å². The van der Waals surface area contributed by atoms with Crippen LogP contribution in [0.5, 0.6) is 0 Å². The molecular formula is C22H22FN5O2.